The van der Waals surface area contributed by atoms with Crippen LogP contribution in [0.25, 0.3) is 5.70 Å². The van der Waals surface area contributed by atoms with Crippen molar-refractivity contribution in [2.75, 3.05) is 18.4 Å². The number of aryl methyl sites for hydroxylation is 1. The summed E-state index contributed by atoms with van der Waals surface area (Å²) in [5.41, 5.74) is 2.73. The van der Waals surface area contributed by atoms with E-state index >= 15 is 0 Å². The second-order valence-corrected chi connectivity index (χ2v) is 6.58. The molecule has 1 aliphatic heterocycles. The summed E-state index contributed by atoms with van der Waals surface area (Å²) in [6, 6.07) is 0. The van der Waals surface area contributed by atoms with E-state index in [2.05, 4.69) is 56.6 Å². The lowest BCUT2D eigenvalue weighted by atomic mass is 10.2. The van der Waals surface area contributed by atoms with Gasteiger partial charge in [-0.15, -0.1) is 11.3 Å². The van der Waals surface area contributed by atoms with Crippen molar-refractivity contribution in [3.8, 4) is 0 Å². The second-order valence-electron chi connectivity index (χ2n) is 5.72. The Morgan fingerprint density at radius 1 is 1.54 bits per heavy atom. The molecule has 0 spiro atoms. The van der Waals surface area contributed by atoms with Crippen LogP contribution in [0.1, 0.15) is 24.6 Å². The van der Waals surface area contributed by atoms with E-state index in [1.165, 1.54) is 16.9 Å². The van der Waals surface area contributed by atoms with Crippen LogP contribution >= 0.6 is 11.3 Å². The highest BCUT2D eigenvalue weighted by atomic mass is 32.1. The minimum absolute atomic E-state index is 0.744. The van der Waals surface area contributed by atoms with Gasteiger partial charge in [0.2, 0.25) is 0 Å². The fourth-order valence-corrected chi connectivity index (χ4v) is 3.14. The molecular formula is C18H23N7S. The van der Waals surface area contributed by atoms with Gasteiger partial charge >= 0.3 is 0 Å². The first-order valence-electron chi connectivity index (χ1n) is 8.64. The van der Waals surface area contributed by atoms with Gasteiger partial charge in [0.1, 0.15) is 5.69 Å². The standard InChI is InChI=1S/C18H23N7S/c1-3-25-12-14(11-22-25)7-4-5-8-15(19-2)16-13-26-18(23-16)24-17-20-9-6-10-21-17/h4-5,8,11-13H,2-3,6-7,9-10H2,1H3,(H2,20,21,23,24)/b5-4-,15-8-. The fourth-order valence-electron chi connectivity index (χ4n) is 2.43. The fraction of sp³-hybridized carbons (Fsp3) is 0.333. The zero-order chi connectivity index (χ0) is 18.2. The number of thiazole rings is 1. The lowest BCUT2D eigenvalue weighted by molar-refractivity contribution is 0.659. The van der Waals surface area contributed by atoms with E-state index in [0.717, 1.165) is 55.0 Å². The van der Waals surface area contributed by atoms with Crippen molar-refractivity contribution in [1.29, 1.82) is 0 Å². The van der Waals surface area contributed by atoms with Crippen molar-refractivity contribution >= 4 is 34.8 Å². The highest BCUT2D eigenvalue weighted by molar-refractivity contribution is 7.14. The van der Waals surface area contributed by atoms with Crippen molar-refractivity contribution in [2.24, 2.45) is 9.98 Å². The van der Waals surface area contributed by atoms with Crippen LogP contribution in [0.3, 0.4) is 0 Å². The molecule has 0 atom stereocenters. The summed E-state index contributed by atoms with van der Waals surface area (Å²) >= 11 is 1.52. The molecule has 3 heterocycles. The van der Waals surface area contributed by atoms with Crippen molar-refractivity contribution in [1.82, 2.24) is 20.1 Å². The average molecular weight is 369 g/mol. The molecule has 0 unspecified atom stereocenters. The number of anilines is 1. The Morgan fingerprint density at radius 2 is 2.46 bits per heavy atom. The third kappa shape index (κ3) is 4.89. The van der Waals surface area contributed by atoms with Crippen LogP contribution in [-0.2, 0) is 13.0 Å². The number of hydrogen-bond donors (Lipinski definition) is 2. The van der Waals surface area contributed by atoms with Crippen molar-refractivity contribution in [3.63, 3.8) is 0 Å². The molecule has 0 amide bonds. The first-order valence-corrected chi connectivity index (χ1v) is 9.52. The molecule has 136 valence electrons. The van der Waals surface area contributed by atoms with Crippen LogP contribution in [0.15, 0.2) is 46.0 Å². The second kappa shape index (κ2) is 9.10. The number of rotatable bonds is 7. The summed E-state index contributed by atoms with van der Waals surface area (Å²) in [5.74, 6) is 0.779. The van der Waals surface area contributed by atoms with Gasteiger partial charge in [-0.1, -0.05) is 12.2 Å². The predicted octanol–water partition coefficient (Wildman–Crippen LogP) is 2.96. The molecule has 2 aromatic rings. The lowest BCUT2D eigenvalue weighted by Crippen LogP contribution is -2.35. The Labute approximate surface area is 157 Å². The predicted molar refractivity (Wildman–Crippen MR) is 109 cm³/mol. The van der Waals surface area contributed by atoms with Gasteiger partial charge < -0.3 is 10.6 Å². The molecule has 0 fully saturated rings. The smallest absolute Gasteiger partial charge is 0.197 e. The van der Waals surface area contributed by atoms with Gasteiger partial charge in [-0.25, -0.2) is 4.98 Å². The largest absolute Gasteiger partial charge is 0.356 e. The Bertz CT molecular complexity index is 828. The van der Waals surface area contributed by atoms with E-state index in [1.54, 1.807) is 0 Å². The lowest BCUT2D eigenvalue weighted by Gasteiger charge is -2.14. The Hall–Kier alpha value is -2.74. The van der Waals surface area contributed by atoms with Gasteiger partial charge in [0, 0.05) is 31.2 Å². The molecule has 8 heteroatoms. The summed E-state index contributed by atoms with van der Waals surface area (Å²) in [4.78, 5) is 13.0. The van der Waals surface area contributed by atoms with E-state index in [4.69, 9.17) is 0 Å². The molecule has 0 aliphatic carbocycles. The Kier molecular flexibility index (Phi) is 6.32. The molecule has 2 aromatic heterocycles. The molecule has 3 rings (SSSR count). The monoisotopic (exact) mass is 369 g/mol. The summed E-state index contributed by atoms with van der Waals surface area (Å²) in [5, 5.41) is 13.5. The molecule has 0 radical (unpaired) electrons. The zero-order valence-corrected chi connectivity index (χ0v) is 15.7. The Balaban J connectivity index is 1.60. The molecule has 7 nitrogen and oxygen atoms in total. The number of aromatic nitrogens is 3. The van der Waals surface area contributed by atoms with Crippen LogP contribution in [0, 0.1) is 0 Å². The summed E-state index contributed by atoms with van der Waals surface area (Å²) in [6.07, 6.45) is 11.8. The summed E-state index contributed by atoms with van der Waals surface area (Å²) in [7, 11) is 0. The SMILES string of the molecule is C=N/C(=C\C=C/Cc1cnn(CC)c1)c1csc(NC2=NCCCN2)n1. The third-order valence-electron chi connectivity index (χ3n) is 3.81. The number of allylic oxidation sites excluding steroid dienone is 3. The van der Waals surface area contributed by atoms with E-state index in [9.17, 15) is 0 Å². The molecule has 0 aromatic carbocycles. The summed E-state index contributed by atoms with van der Waals surface area (Å²) < 4.78 is 1.92. The molecule has 1 aliphatic rings. The van der Waals surface area contributed by atoms with Gasteiger partial charge in [0.15, 0.2) is 11.1 Å². The maximum atomic E-state index is 4.56. The number of hydrogen-bond acceptors (Lipinski definition) is 7. The number of guanidine groups is 1. The van der Waals surface area contributed by atoms with Crippen LogP contribution in [0.4, 0.5) is 5.13 Å². The molecular weight excluding hydrogens is 346 g/mol. The minimum Gasteiger partial charge on any atom is -0.356 e. The van der Waals surface area contributed by atoms with E-state index in [0.29, 0.717) is 0 Å². The maximum Gasteiger partial charge on any atom is 0.197 e. The van der Waals surface area contributed by atoms with Crippen LogP contribution < -0.4 is 10.6 Å². The first kappa shape index (κ1) is 18.1. The number of nitrogens with one attached hydrogen (secondary N) is 2. The van der Waals surface area contributed by atoms with Gasteiger partial charge in [-0.3, -0.25) is 14.7 Å². The molecule has 0 saturated heterocycles. The minimum atomic E-state index is 0.744. The van der Waals surface area contributed by atoms with Crippen LogP contribution in [0.5, 0.6) is 0 Å². The van der Waals surface area contributed by atoms with E-state index in [-0.39, 0.29) is 0 Å². The number of nitrogens with zero attached hydrogens (tertiary/aromatic N) is 5. The van der Waals surface area contributed by atoms with Crippen LogP contribution in [-0.4, -0.2) is 40.5 Å². The highest BCUT2D eigenvalue weighted by Gasteiger charge is 2.09. The molecule has 26 heavy (non-hydrogen) atoms. The maximum absolute atomic E-state index is 4.56. The van der Waals surface area contributed by atoms with Crippen molar-refractivity contribution in [2.45, 2.75) is 26.3 Å². The normalized spacial score (nSPS) is 15.0. The van der Waals surface area contributed by atoms with Crippen molar-refractivity contribution < 1.29 is 0 Å². The van der Waals surface area contributed by atoms with Gasteiger partial charge in [-0.2, -0.15) is 5.10 Å². The van der Waals surface area contributed by atoms with Gasteiger partial charge in [0.05, 0.1) is 11.9 Å². The van der Waals surface area contributed by atoms with Crippen molar-refractivity contribution in [3.05, 3.63) is 47.3 Å². The van der Waals surface area contributed by atoms with Crippen LogP contribution in [0.2, 0.25) is 0 Å². The average Bonchev–Trinajstić information content (AvgIpc) is 3.32. The molecule has 0 saturated carbocycles. The topological polar surface area (TPSA) is 79.5 Å². The third-order valence-corrected chi connectivity index (χ3v) is 4.57. The molecule has 0 bridgehead atoms. The zero-order valence-electron chi connectivity index (χ0n) is 14.9. The van der Waals surface area contributed by atoms with E-state index < -0.39 is 0 Å². The van der Waals surface area contributed by atoms with Gasteiger partial charge in [0.25, 0.3) is 0 Å². The van der Waals surface area contributed by atoms with Gasteiger partial charge in [-0.05, 0) is 38.1 Å². The van der Waals surface area contributed by atoms with E-state index in [1.807, 2.05) is 28.4 Å². The number of aliphatic imine (C=N–C) groups is 2. The quantitative estimate of drug-likeness (QED) is 0.581. The summed E-state index contributed by atoms with van der Waals surface area (Å²) in [6.45, 7) is 8.39. The first-order chi connectivity index (χ1) is 12.8. The highest BCUT2D eigenvalue weighted by Crippen LogP contribution is 2.22. The molecule has 2 N–H and O–H groups in total. The Morgan fingerprint density at radius 3 is 3.19 bits per heavy atom.